The van der Waals surface area contributed by atoms with Crippen molar-refractivity contribution >= 4 is 11.8 Å². The predicted molar refractivity (Wildman–Crippen MR) is 101 cm³/mol. The summed E-state index contributed by atoms with van der Waals surface area (Å²) in [4.78, 5) is 11.9. The Kier molecular flexibility index (Phi) is 8.68. The van der Waals surface area contributed by atoms with Gasteiger partial charge < -0.3 is 0 Å². The van der Waals surface area contributed by atoms with Gasteiger partial charge in [0.2, 0.25) is 0 Å². The summed E-state index contributed by atoms with van der Waals surface area (Å²) in [5.74, 6) is 7.20. The molecule has 0 fully saturated rings. The van der Waals surface area contributed by atoms with Crippen molar-refractivity contribution in [3.63, 3.8) is 0 Å². The molecule has 0 aromatic heterocycles. The number of rotatable bonds is 7. The molecule has 1 N–H and O–H groups in total. The first-order valence-electron chi connectivity index (χ1n) is 7.91. The summed E-state index contributed by atoms with van der Waals surface area (Å²) < 4.78 is 0. The number of nitrogens with one attached hydrogen (secondary N) is 1. The molecule has 124 valence electrons. The van der Waals surface area contributed by atoms with Gasteiger partial charge in [0.05, 0.1) is 0 Å². The normalized spacial score (nSPS) is 11.3. The molecule has 0 amide bonds. The highest BCUT2D eigenvalue weighted by Gasteiger charge is 2.15. The third kappa shape index (κ3) is 6.21. The first kappa shape index (κ1) is 19.5. The molecule has 0 bridgehead atoms. The molecule has 0 aliphatic rings. The molecule has 1 aromatic carbocycles. The lowest BCUT2D eigenvalue weighted by molar-refractivity contribution is 0.682. The van der Waals surface area contributed by atoms with Gasteiger partial charge in [-0.05, 0) is 62.7 Å². The Morgan fingerprint density at radius 2 is 2.13 bits per heavy atom. The largest absolute Gasteiger partial charge is 0.292 e. The van der Waals surface area contributed by atoms with Crippen LogP contribution in [0.1, 0.15) is 50.3 Å². The standard InChI is InChI=1S/C19H26N2OS/c1-6-7-8-9-16-10-11-17(15(4)12-16)13-23-18(14(2)3)19(20-5)21-22/h10-12,19-20H,6-7,13H2,1-5H3. The van der Waals surface area contributed by atoms with E-state index in [0.29, 0.717) is 0 Å². The minimum Gasteiger partial charge on any atom is -0.292 e. The van der Waals surface area contributed by atoms with Crippen LogP contribution in [-0.2, 0) is 5.75 Å². The van der Waals surface area contributed by atoms with Gasteiger partial charge in [-0.15, -0.1) is 16.7 Å². The number of likely N-dealkylation sites (N-methyl/N-ethyl adjacent to an activating group) is 1. The van der Waals surface area contributed by atoms with Crippen LogP contribution in [-0.4, -0.2) is 13.2 Å². The molecular formula is C19H26N2OS. The summed E-state index contributed by atoms with van der Waals surface area (Å²) in [5, 5.41) is 6.11. The molecular weight excluding hydrogens is 304 g/mol. The Bertz CT molecular complexity index is 622. The van der Waals surface area contributed by atoms with Crippen molar-refractivity contribution in [3.8, 4) is 11.8 Å². The van der Waals surface area contributed by atoms with Gasteiger partial charge in [0.1, 0.15) is 0 Å². The average Bonchev–Trinajstić information content (AvgIpc) is 2.53. The number of allylic oxidation sites excluding steroid dienone is 1. The Morgan fingerprint density at radius 1 is 1.39 bits per heavy atom. The molecule has 0 saturated carbocycles. The zero-order chi connectivity index (χ0) is 17.2. The van der Waals surface area contributed by atoms with Crippen molar-refractivity contribution in [2.24, 2.45) is 5.18 Å². The van der Waals surface area contributed by atoms with Crippen molar-refractivity contribution in [3.05, 3.63) is 50.3 Å². The number of unbranched alkanes of at least 4 members (excludes halogenated alkanes) is 1. The summed E-state index contributed by atoms with van der Waals surface area (Å²) in [7, 11) is 1.75. The SMILES string of the molecule is CCCC#Cc1ccc(CSC(=C(C)C)C(N=O)NC)c(C)c1. The van der Waals surface area contributed by atoms with Crippen molar-refractivity contribution in [1.82, 2.24) is 5.32 Å². The maximum absolute atomic E-state index is 11.0. The van der Waals surface area contributed by atoms with Gasteiger partial charge in [0.25, 0.3) is 0 Å². The minimum absolute atomic E-state index is 0.468. The second-order valence-corrected chi connectivity index (χ2v) is 6.66. The number of nitroso groups, excluding NO2 is 1. The lowest BCUT2D eigenvalue weighted by atomic mass is 10.1. The minimum atomic E-state index is -0.468. The van der Waals surface area contributed by atoms with Crippen molar-refractivity contribution < 1.29 is 0 Å². The molecule has 1 unspecified atom stereocenters. The van der Waals surface area contributed by atoms with Gasteiger partial charge in [-0.2, -0.15) is 0 Å². The number of hydrogen-bond donors (Lipinski definition) is 1. The van der Waals surface area contributed by atoms with E-state index in [1.54, 1.807) is 18.8 Å². The Labute approximate surface area is 144 Å². The van der Waals surface area contributed by atoms with E-state index < -0.39 is 6.17 Å². The van der Waals surface area contributed by atoms with Crippen LogP contribution < -0.4 is 5.32 Å². The third-order valence-electron chi connectivity index (χ3n) is 3.45. The van der Waals surface area contributed by atoms with Crippen LogP contribution in [0, 0.1) is 23.7 Å². The van der Waals surface area contributed by atoms with Gasteiger partial charge in [-0.3, -0.25) is 5.32 Å². The average molecular weight is 330 g/mol. The smallest absolute Gasteiger partial charge is 0.173 e. The van der Waals surface area contributed by atoms with E-state index in [4.69, 9.17) is 0 Å². The second-order valence-electron chi connectivity index (χ2n) is 5.64. The summed E-state index contributed by atoms with van der Waals surface area (Å²) in [6, 6.07) is 6.33. The van der Waals surface area contributed by atoms with Gasteiger partial charge >= 0.3 is 0 Å². The van der Waals surface area contributed by atoms with E-state index in [2.05, 4.69) is 54.4 Å². The summed E-state index contributed by atoms with van der Waals surface area (Å²) in [6.45, 7) is 8.26. The van der Waals surface area contributed by atoms with E-state index in [1.165, 1.54) is 11.1 Å². The van der Waals surface area contributed by atoms with Crippen LogP contribution in [0.4, 0.5) is 0 Å². The van der Waals surface area contributed by atoms with Crippen LogP contribution in [0.2, 0.25) is 0 Å². The molecule has 0 spiro atoms. The molecule has 0 aliphatic carbocycles. The van der Waals surface area contributed by atoms with Crippen molar-refractivity contribution in [1.29, 1.82) is 0 Å². The van der Waals surface area contributed by atoms with E-state index in [0.717, 1.165) is 34.6 Å². The molecule has 0 saturated heterocycles. The Morgan fingerprint density at radius 3 is 2.65 bits per heavy atom. The number of thioether (sulfide) groups is 1. The van der Waals surface area contributed by atoms with Crippen LogP contribution in [0.15, 0.2) is 33.9 Å². The third-order valence-corrected chi connectivity index (χ3v) is 4.85. The number of benzene rings is 1. The van der Waals surface area contributed by atoms with E-state index in [9.17, 15) is 4.91 Å². The Balaban J connectivity index is 2.84. The molecule has 1 aromatic rings. The fourth-order valence-electron chi connectivity index (χ4n) is 2.11. The second kappa shape index (κ2) is 10.3. The van der Waals surface area contributed by atoms with Gasteiger partial charge in [0.15, 0.2) is 6.17 Å². The number of hydrogen-bond acceptors (Lipinski definition) is 4. The first-order valence-corrected chi connectivity index (χ1v) is 8.90. The lowest BCUT2D eigenvalue weighted by Crippen LogP contribution is -2.24. The van der Waals surface area contributed by atoms with Crippen LogP contribution in [0.5, 0.6) is 0 Å². The van der Waals surface area contributed by atoms with Crippen LogP contribution in [0.3, 0.4) is 0 Å². The van der Waals surface area contributed by atoms with Gasteiger partial charge in [0, 0.05) is 22.6 Å². The van der Waals surface area contributed by atoms with Crippen LogP contribution >= 0.6 is 11.8 Å². The molecule has 3 nitrogen and oxygen atoms in total. The van der Waals surface area contributed by atoms with Crippen molar-refractivity contribution in [2.45, 2.75) is 52.5 Å². The number of nitrogens with zero attached hydrogens (tertiary/aromatic N) is 1. The fraction of sp³-hybridized carbons (Fsp3) is 0.474. The highest BCUT2D eigenvalue weighted by atomic mass is 32.2. The molecule has 0 aliphatic heterocycles. The highest BCUT2D eigenvalue weighted by molar-refractivity contribution is 8.02. The van der Waals surface area contributed by atoms with E-state index >= 15 is 0 Å². The topological polar surface area (TPSA) is 41.5 Å². The summed E-state index contributed by atoms with van der Waals surface area (Å²) in [6.07, 6.45) is 1.55. The van der Waals surface area contributed by atoms with E-state index in [-0.39, 0.29) is 0 Å². The maximum Gasteiger partial charge on any atom is 0.173 e. The molecule has 23 heavy (non-hydrogen) atoms. The molecule has 0 radical (unpaired) electrons. The van der Waals surface area contributed by atoms with Gasteiger partial charge in [-0.25, -0.2) is 0 Å². The fourth-order valence-corrected chi connectivity index (χ4v) is 3.35. The Hall–Kier alpha value is -1.57. The lowest BCUT2D eigenvalue weighted by Gasteiger charge is -2.15. The predicted octanol–water partition coefficient (Wildman–Crippen LogP) is 4.99. The van der Waals surface area contributed by atoms with Crippen LogP contribution in [0.25, 0.3) is 0 Å². The molecule has 4 heteroatoms. The summed E-state index contributed by atoms with van der Waals surface area (Å²) in [5.41, 5.74) is 4.67. The quantitative estimate of drug-likeness (QED) is 0.566. The van der Waals surface area contributed by atoms with E-state index in [1.807, 2.05) is 13.8 Å². The van der Waals surface area contributed by atoms with Crippen molar-refractivity contribution in [2.75, 3.05) is 7.05 Å². The maximum atomic E-state index is 11.0. The number of aryl methyl sites for hydroxylation is 1. The first-order chi connectivity index (χ1) is 11.0. The monoisotopic (exact) mass is 330 g/mol. The molecule has 1 rings (SSSR count). The zero-order valence-corrected chi connectivity index (χ0v) is 15.5. The summed E-state index contributed by atoms with van der Waals surface area (Å²) >= 11 is 1.67. The highest BCUT2D eigenvalue weighted by Crippen LogP contribution is 2.29. The van der Waals surface area contributed by atoms with Gasteiger partial charge in [-0.1, -0.05) is 30.4 Å². The zero-order valence-electron chi connectivity index (χ0n) is 14.7. The molecule has 0 heterocycles. The molecule has 1 atom stereocenters.